The van der Waals surface area contributed by atoms with Gasteiger partial charge in [0.25, 0.3) is 0 Å². The molecule has 0 saturated heterocycles. The molecule has 2 aromatic carbocycles. The fourth-order valence-electron chi connectivity index (χ4n) is 2.74. The lowest BCUT2D eigenvalue weighted by Crippen LogP contribution is -2.20. The van der Waals surface area contributed by atoms with Crippen molar-refractivity contribution in [1.29, 1.82) is 0 Å². The summed E-state index contributed by atoms with van der Waals surface area (Å²) in [4.78, 5) is 40.1. The van der Waals surface area contributed by atoms with Gasteiger partial charge in [-0.15, -0.1) is 0 Å². The Labute approximate surface area is 182 Å². The fourth-order valence-corrected chi connectivity index (χ4v) is 3.76. The van der Waals surface area contributed by atoms with Gasteiger partial charge in [0.15, 0.2) is 0 Å². The van der Waals surface area contributed by atoms with Crippen LogP contribution in [0.15, 0.2) is 52.3 Å². The number of H-pyrrole nitrogens is 1. The highest BCUT2D eigenvalue weighted by molar-refractivity contribution is 8.00. The Hall–Kier alpha value is -2.98. The van der Waals surface area contributed by atoms with Crippen molar-refractivity contribution in [2.75, 3.05) is 18.2 Å². The molecule has 1 amide bonds. The Balaban J connectivity index is 1.85. The van der Waals surface area contributed by atoms with E-state index in [1.165, 1.54) is 18.2 Å². The number of halogens is 4. The molecule has 3 rings (SSSR count). The quantitative estimate of drug-likeness (QED) is 0.416. The molecule has 1 aromatic heterocycles. The highest BCUT2D eigenvalue weighted by Gasteiger charge is 2.30. The van der Waals surface area contributed by atoms with Crippen molar-refractivity contribution in [1.82, 2.24) is 4.98 Å². The standard InChI is InChI=1S/C20H14ClF3N2O4S/c1-30-19(29)16-17(28)13-8-11(21)5-6-14(13)26-18(16)31-9-15(27)25-12-4-2-3-10(7-12)20(22,23)24/h2-8H,9H2,1H3,(H,25,27)(H,26,28). The molecule has 162 valence electrons. The van der Waals surface area contributed by atoms with Gasteiger partial charge in [-0.2, -0.15) is 13.2 Å². The van der Waals surface area contributed by atoms with E-state index in [9.17, 15) is 27.6 Å². The van der Waals surface area contributed by atoms with Crippen molar-refractivity contribution < 1.29 is 27.5 Å². The van der Waals surface area contributed by atoms with Crippen molar-refractivity contribution in [3.8, 4) is 0 Å². The number of fused-ring (bicyclic) bond motifs is 1. The smallest absolute Gasteiger partial charge is 0.416 e. The van der Waals surface area contributed by atoms with Crippen LogP contribution in [0.4, 0.5) is 18.9 Å². The third-order valence-corrected chi connectivity index (χ3v) is 5.38. The first kappa shape index (κ1) is 22.7. The molecule has 2 N–H and O–H groups in total. The number of carbonyl (C=O) groups excluding carboxylic acids is 2. The number of anilines is 1. The van der Waals surface area contributed by atoms with Crippen LogP contribution in [0, 0.1) is 0 Å². The maximum atomic E-state index is 12.8. The molecular formula is C20H14ClF3N2O4S. The van der Waals surface area contributed by atoms with Crippen LogP contribution in [0.2, 0.25) is 5.02 Å². The molecule has 0 aliphatic carbocycles. The van der Waals surface area contributed by atoms with E-state index in [0.717, 1.165) is 31.0 Å². The van der Waals surface area contributed by atoms with E-state index in [2.05, 4.69) is 15.0 Å². The van der Waals surface area contributed by atoms with E-state index in [0.29, 0.717) is 10.5 Å². The molecule has 1 heterocycles. The molecule has 0 saturated carbocycles. The molecule has 11 heteroatoms. The topological polar surface area (TPSA) is 88.3 Å². The molecule has 0 atom stereocenters. The molecule has 0 aliphatic heterocycles. The monoisotopic (exact) mass is 470 g/mol. The summed E-state index contributed by atoms with van der Waals surface area (Å²) < 4.78 is 43.1. The van der Waals surface area contributed by atoms with Gasteiger partial charge in [-0.3, -0.25) is 9.59 Å². The minimum atomic E-state index is -4.54. The van der Waals surface area contributed by atoms with E-state index in [1.807, 2.05) is 0 Å². The van der Waals surface area contributed by atoms with Crippen LogP contribution in [0.25, 0.3) is 10.9 Å². The molecule has 0 spiro atoms. The SMILES string of the molecule is COC(=O)c1c(SCC(=O)Nc2cccc(C(F)(F)F)c2)[nH]c2ccc(Cl)cc2c1=O. The van der Waals surface area contributed by atoms with E-state index in [1.54, 1.807) is 12.1 Å². The summed E-state index contributed by atoms with van der Waals surface area (Å²) >= 11 is 6.76. The van der Waals surface area contributed by atoms with E-state index in [4.69, 9.17) is 11.6 Å². The van der Waals surface area contributed by atoms with Crippen molar-refractivity contribution in [3.63, 3.8) is 0 Å². The van der Waals surface area contributed by atoms with E-state index in [-0.39, 0.29) is 27.4 Å². The Kier molecular flexibility index (Phi) is 6.61. The number of benzene rings is 2. The first-order valence-electron chi connectivity index (χ1n) is 8.64. The lowest BCUT2D eigenvalue weighted by molar-refractivity contribution is -0.137. The number of pyridine rings is 1. The van der Waals surface area contributed by atoms with Crippen LogP contribution < -0.4 is 10.7 Å². The third-order valence-electron chi connectivity index (χ3n) is 4.14. The summed E-state index contributed by atoms with van der Waals surface area (Å²) in [7, 11) is 1.11. The summed E-state index contributed by atoms with van der Waals surface area (Å²) in [5, 5.41) is 2.92. The highest BCUT2D eigenvalue weighted by atomic mass is 35.5. The number of esters is 1. The normalized spacial score (nSPS) is 11.4. The summed E-state index contributed by atoms with van der Waals surface area (Å²) in [5.74, 6) is -1.81. The number of amides is 1. The Morgan fingerprint density at radius 2 is 1.94 bits per heavy atom. The average Bonchev–Trinajstić information content (AvgIpc) is 2.72. The second kappa shape index (κ2) is 9.03. The number of aromatic nitrogens is 1. The minimum absolute atomic E-state index is 0.0322. The van der Waals surface area contributed by atoms with Crippen molar-refractivity contribution in [3.05, 3.63) is 68.8 Å². The van der Waals surface area contributed by atoms with Gasteiger partial charge in [0.2, 0.25) is 11.3 Å². The molecular weight excluding hydrogens is 457 g/mol. The van der Waals surface area contributed by atoms with Crippen LogP contribution in [-0.4, -0.2) is 29.7 Å². The second-order valence-corrected chi connectivity index (χ2v) is 7.68. The largest absolute Gasteiger partial charge is 0.465 e. The number of hydrogen-bond donors (Lipinski definition) is 2. The molecule has 0 bridgehead atoms. The zero-order valence-corrected chi connectivity index (χ0v) is 17.4. The number of aromatic amines is 1. The predicted octanol–water partition coefficient (Wildman–Crippen LogP) is 4.72. The van der Waals surface area contributed by atoms with E-state index < -0.39 is 29.0 Å². The number of carbonyl (C=O) groups is 2. The maximum absolute atomic E-state index is 12.8. The first-order chi connectivity index (χ1) is 14.6. The summed E-state index contributed by atoms with van der Waals surface area (Å²) in [6, 6.07) is 8.69. The highest BCUT2D eigenvalue weighted by Crippen LogP contribution is 2.31. The van der Waals surface area contributed by atoms with Gasteiger partial charge in [0, 0.05) is 16.1 Å². The van der Waals surface area contributed by atoms with Crippen LogP contribution in [0.1, 0.15) is 15.9 Å². The lowest BCUT2D eigenvalue weighted by atomic mass is 10.1. The third kappa shape index (κ3) is 5.20. The Bertz CT molecular complexity index is 1230. The van der Waals surface area contributed by atoms with Crippen LogP contribution >= 0.6 is 23.4 Å². The summed E-state index contributed by atoms with van der Waals surface area (Å²) in [5.41, 5.74) is -1.46. The second-order valence-electron chi connectivity index (χ2n) is 6.26. The number of hydrogen-bond acceptors (Lipinski definition) is 5. The molecule has 3 aromatic rings. The fraction of sp³-hybridized carbons (Fsp3) is 0.150. The molecule has 0 fully saturated rings. The zero-order valence-electron chi connectivity index (χ0n) is 15.8. The Morgan fingerprint density at radius 1 is 1.19 bits per heavy atom. The van der Waals surface area contributed by atoms with Gasteiger partial charge in [0.05, 0.1) is 29.0 Å². The van der Waals surface area contributed by atoms with Crippen molar-refractivity contribution in [2.24, 2.45) is 0 Å². The Morgan fingerprint density at radius 3 is 2.61 bits per heavy atom. The van der Waals surface area contributed by atoms with E-state index >= 15 is 0 Å². The number of methoxy groups -OCH3 is 1. The van der Waals surface area contributed by atoms with Gasteiger partial charge in [0.1, 0.15) is 5.56 Å². The van der Waals surface area contributed by atoms with Gasteiger partial charge in [-0.1, -0.05) is 29.4 Å². The molecule has 0 unspecified atom stereocenters. The first-order valence-corrected chi connectivity index (χ1v) is 10.00. The number of rotatable bonds is 5. The average molecular weight is 471 g/mol. The number of thioether (sulfide) groups is 1. The lowest BCUT2D eigenvalue weighted by Gasteiger charge is -2.11. The maximum Gasteiger partial charge on any atom is 0.416 e. The summed E-state index contributed by atoms with van der Waals surface area (Å²) in [6.07, 6.45) is -4.54. The minimum Gasteiger partial charge on any atom is -0.465 e. The van der Waals surface area contributed by atoms with Gasteiger partial charge in [-0.05, 0) is 36.4 Å². The van der Waals surface area contributed by atoms with Crippen LogP contribution in [-0.2, 0) is 15.7 Å². The molecule has 0 radical (unpaired) electrons. The molecule has 0 aliphatic rings. The zero-order chi connectivity index (χ0) is 22.8. The van der Waals surface area contributed by atoms with Gasteiger partial charge >= 0.3 is 12.1 Å². The number of alkyl halides is 3. The summed E-state index contributed by atoms with van der Waals surface area (Å²) in [6.45, 7) is 0. The molecule has 31 heavy (non-hydrogen) atoms. The number of ether oxygens (including phenoxy) is 1. The van der Waals surface area contributed by atoms with Crippen molar-refractivity contribution in [2.45, 2.75) is 11.2 Å². The van der Waals surface area contributed by atoms with Crippen LogP contribution in [0.3, 0.4) is 0 Å². The predicted molar refractivity (Wildman–Crippen MR) is 112 cm³/mol. The van der Waals surface area contributed by atoms with Gasteiger partial charge in [-0.25, -0.2) is 4.79 Å². The number of nitrogens with one attached hydrogen (secondary N) is 2. The van der Waals surface area contributed by atoms with Crippen LogP contribution in [0.5, 0.6) is 0 Å². The van der Waals surface area contributed by atoms with Crippen molar-refractivity contribution >= 4 is 51.8 Å². The molecule has 6 nitrogen and oxygen atoms in total. The van der Waals surface area contributed by atoms with Gasteiger partial charge < -0.3 is 15.0 Å².